The van der Waals surface area contributed by atoms with E-state index in [1.54, 1.807) is 6.07 Å². The zero-order valence-electron chi connectivity index (χ0n) is 18.6. The molecule has 4 aliphatic heterocycles. The lowest BCUT2D eigenvalue weighted by atomic mass is 9.78. The van der Waals surface area contributed by atoms with E-state index in [1.807, 2.05) is 27.3 Å². The van der Waals surface area contributed by atoms with Crippen molar-refractivity contribution in [3.8, 4) is 0 Å². The van der Waals surface area contributed by atoms with Crippen molar-refractivity contribution in [2.45, 2.75) is 43.8 Å². The predicted molar refractivity (Wildman–Crippen MR) is 132 cm³/mol. The lowest BCUT2D eigenvalue weighted by Gasteiger charge is -2.46. The summed E-state index contributed by atoms with van der Waals surface area (Å²) in [5, 5.41) is 13.6. The minimum atomic E-state index is -0.181. The average molecular weight is 495 g/mol. The van der Waals surface area contributed by atoms with E-state index in [1.165, 1.54) is 12.1 Å². The van der Waals surface area contributed by atoms with Crippen LogP contribution in [0.4, 0.5) is 0 Å². The second-order valence-electron chi connectivity index (χ2n) is 9.95. The first kappa shape index (κ1) is 24.5. The van der Waals surface area contributed by atoms with Crippen LogP contribution >= 0.6 is 24.8 Å². The van der Waals surface area contributed by atoms with E-state index in [9.17, 15) is 14.7 Å². The van der Waals surface area contributed by atoms with Crippen LogP contribution in [-0.2, 0) is 13.1 Å². The fourth-order valence-corrected chi connectivity index (χ4v) is 6.70. The number of piperidine rings is 2. The van der Waals surface area contributed by atoms with Gasteiger partial charge in [0.05, 0.1) is 12.6 Å². The molecule has 5 atom stereocenters. The molecule has 0 radical (unpaired) electrons. The molecule has 7 nitrogen and oxygen atoms in total. The van der Waals surface area contributed by atoms with Crippen molar-refractivity contribution in [1.29, 1.82) is 0 Å². The van der Waals surface area contributed by atoms with Crippen molar-refractivity contribution in [3.63, 3.8) is 0 Å². The van der Waals surface area contributed by atoms with Gasteiger partial charge in [0.15, 0.2) is 0 Å². The van der Waals surface area contributed by atoms with Crippen molar-refractivity contribution >= 4 is 24.8 Å². The van der Waals surface area contributed by atoms with Crippen LogP contribution in [0.3, 0.4) is 0 Å². The Morgan fingerprint density at radius 3 is 2.61 bits per heavy atom. The van der Waals surface area contributed by atoms with Gasteiger partial charge in [-0.15, -0.1) is 24.8 Å². The van der Waals surface area contributed by atoms with E-state index in [2.05, 4.69) is 16.3 Å². The molecule has 4 bridgehead atoms. The van der Waals surface area contributed by atoms with Crippen LogP contribution in [0, 0.1) is 11.8 Å². The number of rotatable bonds is 3. The van der Waals surface area contributed by atoms with Crippen LogP contribution in [0.25, 0.3) is 0 Å². The zero-order valence-corrected chi connectivity index (χ0v) is 20.2. The molecular formula is C24H32Cl2N4O3. The molecule has 2 aromatic rings. The first-order valence-corrected chi connectivity index (χ1v) is 11.6. The quantitative estimate of drug-likeness (QED) is 0.678. The standard InChI is InChI=1S/C24H30N4O3.2ClH/c29-14-22-19-7-18(21-2-1-3-23(30)28(21)22)12-26(13-19)11-16-4-5-20-17-6-15(8-25-9-17)10-27(20)24(16)31;;/h1-5,15,17-19,22,25,29H,6-14H2;2*1H/t15-,17+,18+,19-,22-;;/m0../s1. The first-order valence-electron chi connectivity index (χ1n) is 11.6. The molecule has 6 rings (SSSR count). The number of aliphatic hydroxyl groups is 1. The summed E-state index contributed by atoms with van der Waals surface area (Å²) < 4.78 is 3.85. The molecule has 9 heteroatoms. The summed E-state index contributed by atoms with van der Waals surface area (Å²) >= 11 is 0. The Bertz CT molecular complexity index is 1130. The number of nitrogens with one attached hydrogen (secondary N) is 1. The molecular weight excluding hydrogens is 463 g/mol. The smallest absolute Gasteiger partial charge is 0.255 e. The second-order valence-corrected chi connectivity index (χ2v) is 9.95. The molecule has 0 saturated carbocycles. The van der Waals surface area contributed by atoms with Gasteiger partial charge in [0.25, 0.3) is 11.1 Å². The maximum Gasteiger partial charge on any atom is 0.255 e. The third kappa shape index (κ3) is 4.08. The Hall–Kier alpha value is -1.64. The number of aromatic nitrogens is 2. The van der Waals surface area contributed by atoms with Crippen LogP contribution in [0.15, 0.2) is 39.9 Å². The van der Waals surface area contributed by atoms with Gasteiger partial charge in [-0.05, 0) is 43.4 Å². The van der Waals surface area contributed by atoms with Crippen LogP contribution in [0.5, 0.6) is 0 Å². The molecule has 0 aliphatic carbocycles. The molecule has 0 unspecified atom stereocenters. The largest absolute Gasteiger partial charge is 0.394 e. The van der Waals surface area contributed by atoms with Crippen molar-refractivity contribution in [2.24, 2.45) is 11.8 Å². The molecule has 33 heavy (non-hydrogen) atoms. The number of likely N-dealkylation sites (tertiary alicyclic amines) is 1. The molecule has 0 aromatic carbocycles. The van der Waals surface area contributed by atoms with Gasteiger partial charge in [0.1, 0.15) is 0 Å². The summed E-state index contributed by atoms with van der Waals surface area (Å²) in [4.78, 5) is 28.2. The van der Waals surface area contributed by atoms with Crippen LogP contribution in [-0.4, -0.2) is 51.9 Å². The monoisotopic (exact) mass is 494 g/mol. The van der Waals surface area contributed by atoms with Crippen molar-refractivity contribution in [3.05, 3.63) is 68.0 Å². The molecule has 4 aliphatic rings. The van der Waals surface area contributed by atoms with E-state index in [-0.39, 0.29) is 60.4 Å². The Morgan fingerprint density at radius 2 is 1.79 bits per heavy atom. The highest BCUT2D eigenvalue weighted by Gasteiger charge is 2.40. The Morgan fingerprint density at radius 1 is 0.939 bits per heavy atom. The number of halogens is 2. The number of hydrogen-bond donors (Lipinski definition) is 2. The maximum atomic E-state index is 13.4. The molecule has 2 fully saturated rings. The molecule has 180 valence electrons. The fourth-order valence-electron chi connectivity index (χ4n) is 6.70. The van der Waals surface area contributed by atoms with Gasteiger partial charge in [-0.1, -0.05) is 12.1 Å². The van der Waals surface area contributed by atoms with Gasteiger partial charge < -0.3 is 19.6 Å². The third-order valence-electron chi connectivity index (χ3n) is 8.04. The van der Waals surface area contributed by atoms with Gasteiger partial charge in [0.2, 0.25) is 0 Å². The number of pyridine rings is 2. The number of aliphatic hydroxyl groups excluding tert-OH is 1. The number of fused-ring (bicyclic) bond motifs is 8. The molecule has 2 N–H and O–H groups in total. The fraction of sp³-hybridized carbons (Fsp3) is 0.583. The summed E-state index contributed by atoms with van der Waals surface area (Å²) in [5.74, 6) is 1.49. The second kappa shape index (κ2) is 9.55. The molecule has 0 amide bonds. The molecule has 0 spiro atoms. The van der Waals surface area contributed by atoms with Crippen molar-refractivity contribution in [1.82, 2.24) is 19.4 Å². The number of nitrogens with zero attached hydrogens (tertiary/aromatic N) is 3. The van der Waals surface area contributed by atoms with Gasteiger partial charge in [-0.2, -0.15) is 0 Å². The highest BCUT2D eigenvalue weighted by Crippen LogP contribution is 2.41. The summed E-state index contributed by atoms with van der Waals surface area (Å²) in [6, 6.07) is 9.46. The van der Waals surface area contributed by atoms with Crippen LogP contribution < -0.4 is 16.4 Å². The van der Waals surface area contributed by atoms with Crippen molar-refractivity contribution < 1.29 is 5.11 Å². The molecule has 2 aromatic heterocycles. The van der Waals surface area contributed by atoms with Crippen LogP contribution in [0.2, 0.25) is 0 Å². The average Bonchev–Trinajstić information content (AvgIpc) is 2.77. The zero-order chi connectivity index (χ0) is 21.1. The van der Waals surface area contributed by atoms with Crippen LogP contribution in [0.1, 0.15) is 47.7 Å². The lowest BCUT2D eigenvalue weighted by molar-refractivity contribution is 0.0577. The van der Waals surface area contributed by atoms with E-state index in [4.69, 9.17) is 0 Å². The van der Waals surface area contributed by atoms with E-state index >= 15 is 0 Å². The maximum absolute atomic E-state index is 13.4. The van der Waals surface area contributed by atoms with Gasteiger partial charge in [0, 0.05) is 67.6 Å². The summed E-state index contributed by atoms with van der Waals surface area (Å²) in [7, 11) is 0. The highest BCUT2D eigenvalue weighted by molar-refractivity contribution is 5.85. The van der Waals surface area contributed by atoms with E-state index in [0.29, 0.717) is 18.4 Å². The Kier molecular flexibility index (Phi) is 7.08. The SMILES string of the molecule is Cl.Cl.O=c1c(CN2C[C@H]3C[C@@H](C2)[C@H](CO)n2c3cccc2=O)ccc2n1C[C@@H]1CNC[C@H]2C1. The van der Waals surface area contributed by atoms with Gasteiger partial charge in [-0.3, -0.25) is 14.5 Å². The van der Waals surface area contributed by atoms with Gasteiger partial charge >= 0.3 is 0 Å². The molecule has 2 saturated heterocycles. The van der Waals surface area contributed by atoms with Gasteiger partial charge in [-0.25, -0.2) is 0 Å². The Labute approximate surface area is 205 Å². The van der Waals surface area contributed by atoms with E-state index < -0.39 is 0 Å². The normalized spacial score (nSPS) is 29.8. The summed E-state index contributed by atoms with van der Waals surface area (Å²) in [5.41, 5.74) is 3.21. The first-order chi connectivity index (χ1) is 15.1. The topological polar surface area (TPSA) is 79.5 Å². The third-order valence-corrected chi connectivity index (χ3v) is 8.04. The number of hydrogen-bond acceptors (Lipinski definition) is 5. The minimum Gasteiger partial charge on any atom is -0.394 e. The predicted octanol–water partition coefficient (Wildman–Crippen LogP) is 1.71. The summed E-state index contributed by atoms with van der Waals surface area (Å²) in [6.07, 6.45) is 2.17. The highest BCUT2D eigenvalue weighted by atomic mass is 35.5. The summed E-state index contributed by atoms with van der Waals surface area (Å²) in [6.45, 7) is 5.04. The van der Waals surface area contributed by atoms with E-state index in [0.717, 1.165) is 50.4 Å². The van der Waals surface area contributed by atoms with Crippen molar-refractivity contribution in [2.75, 3.05) is 32.8 Å². The Balaban J connectivity index is 0.00000130. The lowest BCUT2D eigenvalue weighted by Crippen LogP contribution is -2.50. The molecule has 6 heterocycles. The minimum absolute atomic E-state index is 0.